The quantitative estimate of drug-likeness (QED) is 0.454. The van der Waals surface area contributed by atoms with Crippen LogP contribution in [0.4, 0.5) is 0 Å². The zero-order valence-electron chi connectivity index (χ0n) is 22.7. The molecule has 10 atom stereocenters. The second-order valence-electron chi connectivity index (χ2n) is 13.2. The Morgan fingerprint density at radius 1 is 0.686 bits per heavy atom. The Balaban J connectivity index is 1.31. The van der Waals surface area contributed by atoms with Crippen LogP contribution in [0.5, 0.6) is 0 Å². The van der Waals surface area contributed by atoms with Gasteiger partial charge < -0.3 is 24.1 Å². The topological polar surface area (TPSA) is 57.2 Å². The molecule has 0 aromatic heterocycles. The normalized spacial score (nSPS) is 50.4. The van der Waals surface area contributed by atoms with Crippen LogP contribution in [0.3, 0.4) is 0 Å². The molecule has 4 aliphatic carbocycles. The predicted octanol–water partition coefficient (Wildman–Crippen LogP) is 5.48. The highest BCUT2D eigenvalue weighted by molar-refractivity contribution is 5.12. The Labute approximate surface area is 214 Å². The lowest BCUT2D eigenvalue weighted by atomic mass is 9.43. The monoisotopic (exact) mass is 492 g/mol. The summed E-state index contributed by atoms with van der Waals surface area (Å²) in [5.74, 6) is 4.21. The van der Waals surface area contributed by atoms with Gasteiger partial charge in [-0.25, -0.2) is 0 Å². The van der Waals surface area contributed by atoms with Crippen molar-refractivity contribution in [2.24, 2.45) is 46.3 Å². The molecule has 4 saturated carbocycles. The summed E-state index contributed by atoms with van der Waals surface area (Å²) in [6, 6.07) is 0. The van der Waals surface area contributed by atoms with Crippen LogP contribution in [-0.2, 0) is 18.9 Å². The second kappa shape index (κ2) is 11.3. The van der Waals surface area contributed by atoms with Crippen molar-refractivity contribution in [3.05, 3.63) is 0 Å². The zero-order chi connectivity index (χ0) is 24.5. The van der Waals surface area contributed by atoms with Gasteiger partial charge in [-0.3, -0.25) is 0 Å². The first-order valence-corrected chi connectivity index (χ1v) is 15.0. The smallest absolute Gasteiger partial charge is 0.0704 e. The van der Waals surface area contributed by atoms with Gasteiger partial charge in [0.15, 0.2) is 0 Å². The number of hydrogen-bond donors (Lipinski definition) is 1. The van der Waals surface area contributed by atoms with Crippen LogP contribution in [-0.4, -0.2) is 63.6 Å². The van der Waals surface area contributed by atoms with Crippen LogP contribution in [0, 0.1) is 46.3 Å². The molecule has 1 N–H and O–H groups in total. The van der Waals surface area contributed by atoms with Crippen molar-refractivity contribution in [1.29, 1.82) is 0 Å². The molecule has 2 aliphatic heterocycles. The van der Waals surface area contributed by atoms with E-state index in [4.69, 9.17) is 18.9 Å². The average Bonchev–Trinajstić information content (AvgIpc) is 3.21. The van der Waals surface area contributed by atoms with Crippen molar-refractivity contribution in [1.82, 2.24) is 0 Å². The van der Waals surface area contributed by atoms with Gasteiger partial charge in [0.25, 0.3) is 0 Å². The van der Waals surface area contributed by atoms with E-state index in [9.17, 15) is 5.11 Å². The fourth-order valence-corrected chi connectivity index (χ4v) is 9.82. The van der Waals surface area contributed by atoms with Gasteiger partial charge in [-0.05, 0) is 111 Å². The van der Waals surface area contributed by atoms with Crippen LogP contribution < -0.4 is 0 Å². The van der Waals surface area contributed by atoms with Crippen molar-refractivity contribution < 1.29 is 24.1 Å². The molecule has 202 valence electrons. The van der Waals surface area contributed by atoms with E-state index >= 15 is 0 Å². The third kappa shape index (κ3) is 5.11. The third-order valence-corrected chi connectivity index (χ3v) is 11.8. The lowest BCUT2D eigenvalue weighted by Crippen LogP contribution is -2.59. The Kier molecular flexibility index (Phi) is 8.50. The summed E-state index contributed by atoms with van der Waals surface area (Å²) in [6.45, 7) is 12.2. The summed E-state index contributed by atoms with van der Waals surface area (Å²) in [4.78, 5) is 0. The lowest BCUT2D eigenvalue weighted by Gasteiger charge is -2.62. The second-order valence-corrected chi connectivity index (χ2v) is 13.2. The van der Waals surface area contributed by atoms with Crippen LogP contribution in [0.15, 0.2) is 0 Å². The summed E-state index contributed by atoms with van der Waals surface area (Å²) in [5, 5.41) is 11.8. The van der Waals surface area contributed by atoms with Crippen molar-refractivity contribution in [3.63, 3.8) is 0 Å². The van der Waals surface area contributed by atoms with E-state index in [1.807, 2.05) is 0 Å². The Bertz CT molecular complexity index is 686. The fraction of sp³-hybridized carbons (Fsp3) is 1.00. The molecular formula is C30H52O5. The summed E-state index contributed by atoms with van der Waals surface area (Å²) in [7, 11) is 0. The molecule has 6 fully saturated rings. The first-order chi connectivity index (χ1) is 16.9. The van der Waals surface area contributed by atoms with Crippen LogP contribution in [0.1, 0.15) is 85.0 Å². The van der Waals surface area contributed by atoms with E-state index in [-0.39, 0.29) is 11.5 Å². The number of fused-ring (bicyclic) bond motifs is 15. The van der Waals surface area contributed by atoms with E-state index in [1.54, 1.807) is 0 Å². The highest BCUT2D eigenvalue weighted by atomic mass is 16.6. The molecule has 1 unspecified atom stereocenters. The Morgan fingerprint density at radius 2 is 1.37 bits per heavy atom. The van der Waals surface area contributed by atoms with Gasteiger partial charge in [-0.15, -0.1) is 0 Å². The molecule has 2 saturated heterocycles. The van der Waals surface area contributed by atoms with Gasteiger partial charge in [0.05, 0.1) is 51.8 Å². The molecule has 0 spiro atoms. The summed E-state index contributed by atoms with van der Waals surface area (Å²) in [5.41, 5.74) is 0.462. The molecule has 6 rings (SSSR count). The zero-order valence-corrected chi connectivity index (χ0v) is 22.7. The number of ether oxygens (including phenoxy) is 4. The maximum absolute atomic E-state index is 11.8. The first-order valence-electron chi connectivity index (χ1n) is 15.0. The molecule has 0 aromatic carbocycles. The van der Waals surface area contributed by atoms with E-state index in [1.165, 1.54) is 44.9 Å². The van der Waals surface area contributed by atoms with E-state index in [0.717, 1.165) is 37.7 Å². The standard InChI is InChI=1S/C30H52O5/c1-21-5-4-12-32-13-14-33-15-16-34-17-18-35-23-10-11-29(2)22(19-23)6-7-24-26-9-8-25(21)30(26,3)28(31)20-27(24)29/h21-28,31H,4-20H2,1-3H3/t21-,22-,23-,24+,25-,26?,27+,28+,29+,30-/m1/s1. The van der Waals surface area contributed by atoms with E-state index < -0.39 is 0 Å². The van der Waals surface area contributed by atoms with Gasteiger partial charge >= 0.3 is 0 Å². The van der Waals surface area contributed by atoms with Gasteiger partial charge in [0, 0.05) is 6.61 Å². The van der Waals surface area contributed by atoms with Crippen molar-refractivity contribution in [3.8, 4) is 0 Å². The Hall–Kier alpha value is -0.200. The number of rotatable bonds is 0. The molecule has 5 nitrogen and oxygen atoms in total. The van der Waals surface area contributed by atoms with Crippen LogP contribution in [0.2, 0.25) is 0 Å². The minimum Gasteiger partial charge on any atom is -0.393 e. The van der Waals surface area contributed by atoms with Crippen molar-refractivity contribution in [2.75, 3.05) is 46.2 Å². The molecule has 5 heteroatoms. The summed E-state index contributed by atoms with van der Waals surface area (Å²) >= 11 is 0. The van der Waals surface area contributed by atoms with Gasteiger partial charge in [0.1, 0.15) is 0 Å². The van der Waals surface area contributed by atoms with Crippen LogP contribution in [0.25, 0.3) is 0 Å². The number of hydrogen-bond acceptors (Lipinski definition) is 5. The van der Waals surface area contributed by atoms with Gasteiger partial charge in [-0.2, -0.15) is 0 Å². The van der Waals surface area contributed by atoms with Crippen molar-refractivity contribution in [2.45, 2.75) is 97.2 Å². The highest BCUT2D eigenvalue weighted by Gasteiger charge is 2.63. The van der Waals surface area contributed by atoms with Crippen molar-refractivity contribution >= 4 is 0 Å². The summed E-state index contributed by atoms with van der Waals surface area (Å²) < 4.78 is 23.5. The average molecular weight is 493 g/mol. The maximum atomic E-state index is 11.8. The molecule has 2 heterocycles. The maximum Gasteiger partial charge on any atom is 0.0704 e. The SMILES string of the molecule is C[C@@H]1CCCOCCOCCOCCO[C@@H]2CC[C@@]3(C)[C@H](CC[C@H]4C5CC[C@H]1[C@@]5(C)[C@@H](O)C[C@@H]43)C2. The predicted molar refractivity (Wildman–Crippen MR) is 137 cm³/mol. The fourth-order valence-electron chi connectivity index (χ4n) is 9.82. The molecule has 0 radical (unpaired) electrons. The molecular weight excluding hydrogens is 440 g/mol. The molecule has 5 bridgehead atoms. The minimum absolute atomic E-state index is 0.0913. The molecule has 0 aromatic rings. The van der Waals surface area contributed by atoms with E-state index in [0.29, 0.717) is 74.8 Å². The van der Waals surface area contributed by atoms with E-state index in [2.05, 4.69) is 20.8 Å². The lowest BCUT2D eigenvalue weighted by molar-refractivity contribution is -0.178. The Morgan fingerprint density at radius 3 is 2.14 bits per heavy atom. The largest absolute Gasteiger partial charge is 0.393 e. The number of aliphatic hydroxyl groups is 1. The minimum atomic E-state index is -0.152. The van der Waals surface area contributed by atoms with Crippen LogP contribution >= 0.6 is 0 Å². The van der Waals surface area contributed by atoms with Gasteiger partial charge in [-0.1, -0.05) is 20.8 Å². The third-order valence-electron chi connectivity index (χ3n) is 11.8. The molecule has 35 heavy (non-hydrogen) atoms. The first kappa shape index (κ1) is 26.4. The number of aliphatic hydroxyl groups excluding tert-OH is 1. The molecule has 0 amide bonds. The molecule has 6 aliphatic rings. The summed E-state index contributed by atoms with van der Waals surface area (Å²) in [6.07, 6.45) is 12.5. The highest BCUT2D eigenvalue weighted by Crippen LogP contribution is 2.68. The van der Waals surface area contributed by atoms with Gasteiger partial charge in [0.2, 0.25) is 0 Å².